The van der Waals surface area contributed by atoms with Crippen molar-refractivity contribution in [2.75, 3.05) is 41.0 Å². The summed E-state index contributed by atoms with van der Waals surface area (Å²) in [6.45, 7) is 4.49. The SMILES string of the molecule is CC/C=C/C/C=C/C/C=C/CCCCCCCCCCCCCCCC(=O)OC(COCCC(C(=O)[O-])[N+](C)(C)C)COC(=O)CCC/C=C/CCCCCC. The van der Waals surface area contributed by atoms with Crippen LogP contribution in [-0.4, -0.2) is 75.5 Å². The molecule has 0 bridgehead atoms. The topological polar surface area (TPSA) is 102 Å². The molecule has 0 aliphatic carbocycles. The second-order valence-corrected chi connectivity index (χ2v) is 16.3. The van der Waals surface area contributed by atoms with Crippen LogP contribution in [0.5, 0.6) is 0 Å². The van der Waals surface area contributed by atoms with Gasteiger partial charge in [-0.1, -0.05) is 152 Å². The highest BCUT2D eigenvalue weighted by atomic mass is 16.6. The van der Waals surface area contributed by atoms with Crippen molar-refractivity contribution in [3.05, 3.63) is 48.6 Å². The number of esters is 2. The van der Waals surface area contributed by atoms with Gasteiger partial charge in [0.1, 0.15) is 12.6 Å². The molecular formula is C48H85NO7. The Morgan fingerprint density at radius 2 is 1.02 bits per heavy atom. The van der Waals surface area contributed by atoms with Gasteiger partial charge in [0.25, 0.3) is 0 Å². The fraction of sp³-hybridized carbons (Fsp3) is 0.771. The Kier molecular flexibility index (Phi) is 37.2. The first-order valence-corrected chi connectivity index (χ1v) is 22.7. The highest BCUT2D eigenvalue weighted by molar-refractivity contribution is 5.70. The molecule has 0 aliphatic heterocycles. The molecule has 0 aromatic rings. The van der Waals surface area contributed by atoms with Crippen molar-refractivity contribution in [3.63, 3.8) is 0 Å². The fourth-order valence-electron chi connectivity index (χ4n) is 6.44. The van der Waals surface area contributed by atoms with Crippen LogP contribution in [0, 0.1) is 0 Å². The summed E-state index contributed by atoms with van der Waals surface area (Å²) in [5.74, 6) is -1.78. The second-order valence-electron chi connectivity index (χ2n) is 16.3. The van der Waals surface area contributed by atoms with Crippen LogP contribution in [0.25, 0.3) is 0 Å². The number of carbonyl (C=O) groups is 3. The van der Waals surface area contributed by atoms with E-state index >= 15 is 0 Å². The van der Waals surface area contributed by atoms with Gasteiger partial charge in [-0.05, 0) is 64.2 Å². The molecule has 0 spiro atoms. The third kappa shape index (κ3) is 36.9. The van der Waals surface area contributed by atoms with Crippen LogP contribution in [0.15, 0.2) is 48.6 Å². The number of allylic oxidation sites excluding steroid dienone is 8. The maximum atomic E-state index is 12.7. The first-order valence-electron chi connectivity index (χ1n) is 22.7. The molecule has 0 radical (unpaired) electrons. The van der Waals surface area contributed by atoms with E-state index in [0.717, 1.165) is 51.4 Å². The molecule has 0 aliphatic rings. The smallest absolute Gasteiger partial charge is 0.306 e. The number of aliphatic carboxylic acids is 1. The number of carboxylic acids is 1. The predicted octanol–water partition coefficient (Wildman–Crippen LogP) is 11.1. The van der Waals surface area contributed by atoms with E-state index in [1.165, 1.54) is 96.3 Å². The highest BCUT2D eigenvalue weighted by Crippen LogP contribution is 2.15. The average molecular weight is 788 g/mol. The maximum Gasteiger partial charge on any atom is 0.306 e. The van der Waals surface area contributed by atoms with E-state index in [9.17, 15) is 19.5 Å². The number of nitrogens with zero attached hydrogens (tertiary/aromatic N) is 1. The molecule has 0 aromatic heterocycles. The summed E-state index contributed by atoms with van der Waals surface area (Å²) in [6.07, 6.45) is 45.9. The molecule has 56 heavy (non-hydrogen) atoms. The summed E-state index contributed by atoms with van der Waals surface area (Å²) in [6, 6.07) is -0.728. The van der Waals surface area contributed by atoms with Crippen LogP contribution in [-0.2, 0) is 28.6 Å². The van der Waals surface area contributed by atoms with E-state index in [1.54, 1.807) is 21.1 Å². The molecule has 0 aromatic carbocycles. The minimum absolute atomic E-state index is 0.0322. The standard InChI is InChI=1S/C48H85NO7/c1-6-8-10-12-14-16-17-18-19-20-21-22-23-24-25-26-27-28-29-31-33-35-37-39-47(51)56-44(42-54-41-40-45(48(52)53)49(3,4)5)43-55-46(50)38-36-34-32-30-15-13-11-9-7-2/h8,10,14,16,18-19,30,32,44-45H,6-7,9,11-13,15,17,20-29,31,33-43H2,1-5H3/b10-8+,16-14+,19-18+,32-30+. The van der Waals surface area contributed by atoms with Crippen molar-refractivity contribution < 1.29 is 38.2 Å². The molecule has 0 heterocycles. The Balaban J connectivity index is 4.20. The van der Waals surface area contributed by atoms with Gasteiger partial charge in [0, 0.05) is 19.3 Å². The van der Waals surface area contributed by atoms with E-state index in [0.29, 0.717) is 19.3 Å². The number of likely N-dealkylation sites (N-methyl/N-ethyl adjacent to an activating group) is 1. The van der Waals surface area contributed by atoms with Gasteiger partial charge in [0.15, 0.2) is 6.10 Å². The molecule has 0 amide bonds. The zero-order valence-electron chi connectivity index (χ0n) is 36.8. The minimum Gasteiger partial charge on any atom is -0.544 e. The molecule has 0 rings (SSSR count). The first kappa shape index (κ1) is 53.3. The van der Waals surface area contributed by atoms with Crippen LogP contribution in [0.2, 0.25) is 0 Å². The zero-order valence-corrected chi connectivity index (χ0v) is 36.8. The summed E-state index contributed by atoms with van der Waals surface area (Å²) in [4.78, 5) is 36.7. The Labute approximate surface area is 344 Å². The molecular weight excluding hydrogens is 703 g/mol. The van der Waals surface area contributed by atoms with Crippen LogP contribution < -0.4 is 5.11 Å². The van der Waals surface area contributed by atoms with Gasteiger partial charge in [-0.2, -0.15) is 0 Å². The monoisotopic (exact) mass is 788 g/mol. The quantitative estimate of drug-likeness (QED) is 0.0264. The third-order valence-corrected chi connectivity index (χ3v) is 9.95. The van der Waals surface area contributed by atoms with E-state index in [-0.39, 0.29) is 42.7 Å². The number of carboxylic acid groups (broad SMARTS) is 1. The molecule has 324 valence electrons. The Bertz CT molecular complexity index is 1060. The van der Waals surface area contributed by atoms with Gasteiger partial charge in [-0.25, -0.2) is 0 Å². The van der Waals surface area contributed by atoms with Crippen LogP contribution in [0.3, 0.4) is 0 Å². The summed E-state index contributed by atoms with van der Waals surface area (Å²) in [7, 11) is 5.40. The van der Waals surface area contributed by atoms with Crippen molar-refractivity contribution in [1.82, 2.24) is 0 Å². The van der Waals surface area contributed by atoms with Crippen molar-refractivity contribution >= 4 is 17.9 Å². The second kappa shape index (κ2) is 39.1. The molecule has 2 atom stereocenters. The lowest BCUT2D eigenvalue weighted by molar-refractivity contribution is -0.889. The van der Waals surface area contributed by atoms with Crippen molar-refractivity contribution in [2.24, 2.45) is 0 Å². The van der Waals surface area contributed by atoms with Gasteiger partial charge in [-0.15, -0.1) is 0 Å². The number of ether oxygens (including phenoxy) is 3. The van der Waals surface area contributed by atoms with Crippen LogP contribution >= 0.6 is 0 Å². The maximum absolute atomic E-state index is 12.7. The Morgan fingerprint density at radius 1 is 0.554 bits per heavy atom. The van der Waals surface area contributed by atoms with E-state index in [4.69, 9.17) is 14.2 Å². The number of rotatable bonds is 40. The average Bonchev–Trinajstić information content (AvgIpc) is 3.15. The lowest BCUT2D eigenvalue weighted by Gasteiger charge is -2.34. The molecule has 8 nitrogen and oxygen atoms in total. The van der Waals surface area contributed by atoms with Crippen molar-refractivity contribution in [3.8, 4) is 0 Å². The molecule has 0 saturated carbocycles. The normalized spacial score (nSPS) is 13.4. The van der Waals surface area contributed by atoms with Crippen molar-refractivity contribution in [2.45, 2.75) is 199 Å². The largest absolute Gasteiger partial charge is 0.544 e. The van der Waals surface area contributed by atoms with Crippen molar-refractivity contribution in [1.29, 1.82) is 0 Å². The van der Waals surface area contributed by atoms with E-state index in [1.807, 2.05) is 0 Å². The van der Waals surface area contributed by atoms with E-state index < -0.39 is 18.1 Å². The summed E-state index contributed by atoms with van der Waals surface area (Å²) < 4.78 is 17.1. The summed E-state index contributed by atoms with van der Waals surface area (Å²) in [5.41, 5.74) is 0. The predicted molar refractivity (Wildman–Crippen MR) is 231 cm³/mol. The van der Waals surface area contributed by atoms with Gasteiger partial charge in [0.2, 0.25) is 0 Å². The highest BCUT2D eigenvalue weighted by Gasteiger charge is 2.25. The Hall–Kier alpha value is -2.71. The number of hydrogen-bond acceptors (Lipinski definition) is 7. The number of quaternary nitrogens is 1. The van der Waals surface area contributed by atoms with Gasteiger partial charge in [-0.3, -0.25) is 9.59 Å². The van der Waals surface area contributed by atoms with Gasteiger partial charge >= 0.3 is 11.9 Å². The van der Waals surface area contributed by atoms with Crippen LogP contribution in [0.4, 0.5) is 0 Å². The molecule has 8 heteroatoms. The third-order valence-electron chi connectivity index (χ3n) is 9.95. The Morgan fingerprint density at radius 3 is 1.55 bits per heavy atom. The number of carbonyl (C=O) groups excluding carboxylic acids is 3. The molecule has 2 unspecified atom stereocenters. The molecule has 0 saturated heterocycles. The fourth-order valence-corrected chi connectivity index (χ4v) is 6.44. The van der Waals surface area contributed by atoms with Crippen LogP contribution in [0.1, 0.15) is 187 Å². The lowest BCUT2D eigenvalue weighted by Crippen LogP contribution is -2.55. The van der Waals surface area contributed by atoms with Gasteiger partial charge < -0.3 is 28.6 Å². The summed E-state index contributed by atoms with van der Waals surface area (Å²) >= 11 is 0. The van der Waals surface area contributed by atoms with Gasteiger partial charge in [0.05, 0.1) is 40.3 Å². The first-order chi connectivity index (χ1) is 27.1. The van der Waals surface area contributed by atoms with E-state index in [2.05, 4.69) is 62.5 Å². The minimum atomic E-state index is -1.13. The summed E-state index contributed by atoms with van der Waals surface area (Å²) in [5, 5.41) is 11.6. The molecule has 0 N–H and O–H groups in total. The number of hydrogen-bond donors (Lipinski definition) is 0. The zero-order chi connectivity index (χ0) is 41.4. The number of unbranched alkanes of at least 4 members (excludes halogenated alkanes) is 18. The molecule has 0 fully saturated rings. The lowest BCUT2D eigenvalue weighted by atomic mass is 10.0.